The molecule has 0 aliphatic carbocycles. The number of fused-ring (bicyclic) bond motifs is 1. The van der Waals surface area contributed by atoms with E-state index in [2.05, 4.69) is 11.9 Å². The zero-order valence-corrected chi connectivity index (χ0v) is 18.7. The average molecular weight is 433 g/mol. The van der Waals surface area contributed by atoms with Crippen LogP contribution in [0.4, 0.5) is 5.69 Å². The van der Waals surface area contributed by atoms with Gasteiger partial charge in [-0.25, -0.2) is 4.98 Å². The van der Waals surface area contributed by atoms with Crippen LogP contribution >= 0.6 is 11.3 Å². The molecule has 0 bridgehead atoms. The van der Waals surface area contributed by atoms with E-state index in [9.17, 15) is 9.59 Å². The summed E-state index contributed by atoms with van der Waals surface area (Å²) in [7, 11) is 0. The van der Waals surface area contributed by atoms with E-state index in [-0.39, 0.29) is 19.1 Å². The fourth-order valence-electron chi connectivity index (χ4n) is 3.25. The molecule has 0 spiro atoms. The first-order valence-electron chi connectivity index (χ1n) is 10.2. The Kier molecular flexibility index (Phi) is 7.44. The molecule has 1 aromatic carbocycles. The van der Waals surface area contributed by atoms with Gasteiger partial charge in [0.2, 0.25) is 0 Å². The molecule has 2 aromatic rings. The average Bonchev–Trinajstić information content (AvgIpc) is 3.06. The number of carbonyl (C=O) groups excluding carboxylic acids is 2. The Labute approximate surface area is 181 Å². The summed E-state index contributed by atoms with van der Waals surface area (Å²) in [6.45, 7) is 8.73. The molecule has 1 aliphatic rings. The summed E-state index contributed by atoms with van der Waals surface area (Å²) in [5.74, 6) is -0.193. The predicted octanol–water partition coefficient (Wildman–Crippen LogP) is 3.90. The molecular formula is C22H28N2O5S. The van der Waals surface area contributed by atoms with Gasteiger partial charge >= 0.3 is 5.97 Å². The third-order valence-corrected chi connectivity index (χ3v) is 5.65. The molecule has 1 atom stereocenters. The summed E-state index contributed by atoms with van der Waals surface area (Å²) in [4.78, 5) is 32.2. The van der Waals surface area contributed by atoms with E-state index in [1.165, 1.54) is 4.90 Å². The third kappa shape index (κ3) is 5.17. The van der Waals surface area contributed by atoms with Gasteiger partial charge in [0.25, 0.3) is 5.91 Å². The number of thiazole rings is 1. The van der Waals surface area contributed by atoms with Crippen molar-refractivity contribution in [2.75, 3.05) is 31.3 Å². The Balaban J connectivity index is 1.73. The van der Waals surface area contributed by atoms with E-state index >= 15 is 0 Å². The minimum Gasteiger partial charge on any atom is -0.479 e. The fraction of sp³-hybridized carbons (Fsp3) is 0.500. The smallest absolute Gasteiger partial charge is 0.326 e. The number of hydrogen-bond acceptors (Lipinski definition) is 7. The number of hydrogen-bond donors (Lipinski definition) is 0. The zero-order valence-electron chi connectivity index (χ0n) is 17.9. The Hall–Kier alpha value is -2.45. The van der Waals surface area contributed by atoms with Crippen LogP contribution in [-0.4, -0.2) is 49.3 Å². The topological polar surface area (TPSA) is 78.0 Å². The Morgan fingerprint density at radius 2 is 2.07 bits per heavy atom. The first kappa shape index (κ1) is 22.2. The molecule has 1 aliphatic heterocycles. The van der Waals surface area contributed by atoms with Crippen molar-refractivity contribution < 1.29 is 23.8 Å². The van der Waals surface area contributed by atoms with Gasteiger partial charge in [0.05, 0.1) is 23.0 Å². The van der Waals surface area contributed by atoms with Gasteiger partial charge in [-0.2, -0.15) is 0 Å². The lowest BCUT2D eigenvalue weighted by Gasteiger charge is -2.32. The second-order valence-corrected chi connectivity index (χ2v) is 8.60. The van der Waals surface area contributed by atoms with Crippen LogP contribution < -0.4 is 9.64 Å². The maximum Gasteiger partial charge on any atom is 0.326 e. The van der Waals surface area contributed by atoms with Crippen molar-refractivity contribution in [3.8, 4) is 17.0 Å². The summed E-state index contributed by atoms with van der Waals surface area (Å²) in [5, 5.41) is 0.975. The van der Waals surface area contributed by atoms with Crippen molar-refractivity contribution in [1.82, 2.24) is 4.98 Å². The molecule has 8 heteroatoms. The molecule has 0 saturated heterocycles. The number of amides is 1. The van der Waals surface area contributed by atoms with E-state index < -0.39 is 12.1 Å². The molecule has 30 heavy (non-hydrogen) atoms. The molecule has 0 fully saturated rings. The lowest BCUT2D eigenvalue weighted by Crippen LogP contribution is -2.47. The van der Waals surface area contributed by atoms with E-state index in [0.717, 1.165) is 34.0 Å². The first-order chi connectivity index (χ1) is 14.4. The summed E-state index contributed by atoms with van der Waals surface area (Å²) in [6, 6.07) is 5.59. The molecule has 0 saturated carbocycles. The third-order valence-electron chi connectivity index (χ3n) is 4.76. The molecule has 3 rings (SSSR count). The van der Waals surface area contributed by atoms with E-state index in [1.54, 1.807) is 18.3 Å². The number of benzene rings is 1. The maximum atomic E-state index is 12.7. The van der Waals surface area contributed by atoms with Crippen LogP contribution in [0.15, 0.2) is 18.2 Å². The number of unbranched alkanes of at least 4 members (excludes halogenated alkanes) is 1. The molecule has 1 aromatic heterocycles. The van der Waals surface area contributed by atoms with Crippen molar-refractivity contribution >= 4 is 28.9 Å². The standard InChI is InChI=1S/C22H28N2O5S/c1-5-6-9-27-10-11-28-20(25)13-24-18-12-17(21-15(3)30-16(4)23-21)7-8-19(18)29-14(2)22(24)26/h7-8,12,14H,5-6,9-11,13H2,1-4H3. The second kappa shape index (κ2) is 10.0. The molecule has 1 amide bonds. The number of ether oxygens (including phenoxy) is 3. The van der Waals surface area contributed by atoms with Crippen molar-refractivity contribution in [1.29, 1.82) is 0 Å². The van der Waals surface area contributed by atoms with E-state index in [4.69, 9.17) is 14.2 Å². The minimum atomic E-state index is -0.670. The lowest BCUT2D eigenvalue weighted by molar-refractivity contribution is -0.144. The number of anilines is 1. The van der Waals surface area contributed by atoms with E-state index in [0.29, 0.717) is 24.7 Å². The molecule has 2 heterocycles. The maximum absolute atomic E-state index is 12.7. The van der Waals surface area contributed by atoms with Crippen LogP contribution in [0, 0.1) is 13.8 Å². The largest absolute Gasteiger partial charge is 0.479 e. The number of rotatable bonds is 9. The van der Waals surface area contributed by atoms with Gasteiger partial charge in [-0.15, -0.1) is 11.3 Å². The van der Waals surface area contributed by atoms with Crippen LogP contribution in [0.1, 0.15) is 36.6 Å². The number of aryl methyl sites for hydroxylation is 2. The fourth-order valence-corrected chi connectivity index (χ4v) is 4.09. The Bertz CT molecular complexity index is 911. The number of esters is 1. The van der Waals surface area contributed by atoms with Crippen molar-refractivity contribution in [3.63, 3.8) is 0 Å². The van der Waals surface area contributed by atoms with Gasteiger partial charge in [0, 0.05) is 17.0 Å². The van der Waals surface area contributed by atoms with Gasteiger partial charge in [-0.3, -0.25) is 14.5 Å². The second-order valence-electron chi connectivity index (χ2n) is 7.19. The number of aromatic nitrogens is 1. The van der Waals surface area contributed by atoms with Crippen LogP contribution in [0.25, 0.3) is 11.3 Å². The van der Waals surface area contributed by atoms with Gasteiger partial charge in [0.15, 0.2) is 6.10 Å². The molecule has 7 nitrogen and oxygen atoms in total. The monoisotopic (exact) mass is 432 g/mol. The van der Waals surface area contributed by atoms with Crippen LogP contribution in [0.5, 0.6) is 5.75 Å². The quantitative estimate of drug-likeness (QED) is 0.442. The van der Waals surface area contributed by atoms with Crippen molar-refractivity contribution in [3.05, 3.63) is 28.1 Å². The summed E-state index contributed by atoms with van der Waals surface area (Å²) >= 11 is 1.62. The zero-order chi connectivity index (χ0) is 21.7. The Morgan fingerprint density at radius 1 is 1.27 bits per heavy atom. The van der Waals surface area contributed by atoms with E-state index in [1.807, 2.05) is 32.0 Å². The van der Waals surface area contributed by atoms with Crippen molar-refractivity contribution in [2.45, 2.75) is 46.6 Å². The molecular weight excluding hydrogens is 404 g/mol. The summed E-state index contributed by atoms with van der Waals surface area (Å²) in [6.07, 6.45) is 1.36. The van der Waals surface area contributed by atoms with Gasteiger partial charge in [0.1, 0.15) is 18.9 Å². The highest BCUT2D eigenvalue weighted by Gasteiger charge is 2.33. The lowest BCUT2D eigenvalue weighted by atomic mass is 10.1. The van der Waals surface area contributed by atoms with Gasteiger partial charge in [-0.1, -0.05) is 13.3 Å². The highest BCUT2D eigenvalue weighted by molar-refractivity contribution is 7.11. The van der Waals surface area contributed by atoms with Gasteiger partial charge in [-0.05, 0) is 45.4 Å². The molecule has 162 valence electrons. The number of carbonyl (C=O) groups is 2. The summed E-state index contributed by atoms with van der Waals surface area (Å²) < 4.78 is 16.4. The molecule has 1 unspecified atom stereocenters. The Morgan fingerprint density at radius 3 is 2.77 bits per heavy atom. The van der Waals surface area contributed by atoms with Gasteiger partial charge < -0.3 is 14.2 Å². The van der Waals surface area contributed by atoms with Crippen molar-refractivity contribution in [2.24, 2.45) is 0 Å². The van der Waals surface area contributed by atoms with Crippen LogP contribution in [0.3, 0.4) is 0 Å². The predicted molar refractivity (Wildman–Crippen MR) is 116 cm³/mol. The minimum absolute atomic E-state index is 0.167. The number of nitrogens with zero attached hydrogens (tertiary/aromatic N) is 2. The van der Waals surface area contributed by atoms with Crippen LogP contribution in [-0.2, 0) is 19.1 Å². The van der Waals surface area contributed by atoms with Crippen LogP contribution in [0.2, 0.25) is 0 Å². The highest BCUT2D eigenvalue weighted by atomic mass is 32.1. The highest BCUT2D eigenvalue weighted by Crippen LogP contribution is 2.38. The molecule has 0 N–H and O–H groups in total. The SMILES string of the molecule is CCCCOCCOC(=O)CN1C(=O)C(C)Oc2ccc(-c3nc(C)sc3C)cc21. The summed E-state index contributed by atoms with van der Waals surface area (Å²) in [5.41, 5.74) is 2.30. The first-order valence-corrected chi connectivity index (χ1v) is 11.0. The molecule has 0 radical (unpaired) electrons. The normalized spacial score (nSPS) is 15.7.